The molecule has 1 saturated heterocycles. The quantitative estimate of drug-likeness (QED) is 0.799. The first kappa shape index (κ1) is 13.0. The number of benzene rings is 1. The van der Waals surface area contributed by atoms with Crippen molar-refractivity contribution < 1.29 is 18.3 Å². The number of ether oxygens (including phenoxy) is 1. The van der Waals surface area contributed by atoms with Crippen LogP contribution in [0, 0.1) is 0 Å². The molecule has 6 heteroatoms. The molecule has 5 nitrogen and oxygen atoms in total. The predicted molar refractivity (Wildman–Crippen MR) is 69.0 cm³/mol. The molecule has 0 aromatic heterocycles. The van der Waals surface area contributed by atoms with Crippen molar-refractivity contribution in [1.82, 2.24) is 0 Å². The number of aliphatic hydroxyl groups is 1. The zero-order valence-corrected chi connectivity index (χ0v) is 10.8. The number of aliphatic imine (C=N–C) groups is 1. The van der Waals surface area contributed by atoms with Gasteiger partial charge >= 0.3 is 0 Å². The van der Waals surface area contributed by atoms with Gasteiger partial charge in [0.25, 0.3) is 0 Å². The van der Waals surface area contributed by atoms with Crippen LogP contribution in [-0.2, 0) is 9.84 Å². The molecule has 1 aliphatic rings. The van der Waals surface area contributed by atoms with Crippen molar-refractivity contribution in [1.29, 1.82) is 0 Å². The van der Waals surface area contributed by atoms with E-state index >= 15 is 0 Å². The van der Waals surface area contributed by atoms with Crippen LogP contribution in [0.1, 0.15) is 5.56 Å². The first-order valence-electron chi connectivity index (χ1n) is 5.56. The van der Waals surface area contributed by atoms with Crippen LogP contribution >= 0.6 is 0 Å². The van der Waals surface area contributed by atoms with Gasteiger partial charge in [0.1, 0.15) is 5.75 Å². The molecule has 1 fully saturated rings. The summed E-state index contributed by atoms with van der Waals surface area (Å²) in [5.41, 5.74) is 0.840. The summed E-state index contributed by atoms with van der Waals surface area (Å²) in [6, 6.07) is 6.67. The Morgan fingerprint density at radius 2 is 2.00 bits per heavy atom. The normalized spacial score (nSPS) is 26.6. The Morgan fingerprint density at radius 1 is 1.33 bits per heavy atom. The van der Waals surface area contributed by atoms with Gasteiger partial charge in [0.05, 0.1) is 30.8 Å². The Labute approximate surface area is 106 Å². The Kier molecular flexibility index (Phi) is 3.68. The fourth-order valence-electron chi connectivity index (χ4n) is 1.82. The first-order valence-corrected chi connectivity index (χ1v) is 7.38. The van der Waals surface area contributed by atoms with Crippen LogP contribution in [0.5, 0.6) is 5.75 Å². The van der Waals surface area contributed by atoms with E-state index in [1.165, 1.54) is 0 Å². The van der Waals surface area contributed by atoms with Gasteiger partial charge in [-0.25, -0.2) is 8.42 Å². The summed E-state index contributed by atoms with van der Waals surface area (Å²) in [7, 11) is -1.56. The van der Waals surface area contributed by atoms with Crippen molar-refractivity contribution >= 4 is 16.1 Å². The van der Waals surface area contributed by atoms with E-state index < -0.39 is 22.0 Å². The highest BCUT2D eigenvalue weighted by atomic mass is 32.2. The van der Waals surface area contributed by atoms with E-state index in [0.29, 0.717) is 0 Å². The highest BCUT2D eigenvalue weighted by Gasteiger charge is 2.35. The van der Waals surface area contributed by atoms with Crippen molar-refractivity contribution in [2.45, 2.75) is 12.1 Å². The highest BCUT2D eigenvalue weighted by Crippen LogP contribution is 2.16. The van der Waals surface area contributed by atoms with Gasteiger partial charge in [0.2, 0.25) is 0 Å². The minimum atomic E-state index is -3.14. The summed E-state index contributed by atoms with van der Waals surface area (Å²) in [6.45, 7) is 0. The standard InChI is InChI=1S/C12H15NO4S/c1-17-10-4-2-9(3-5-10)6-13-11-7-18(15,16)8-12(11)14/h2-6,11-12,14H,7-8H2,1H3. The molecule has 0 bridgehead atoms. The molecule has 0 radical (unpaired) electrons. The number of aliphatic hydroxyl groups excluding tert-OH is 1. The zero-order chi connectivity index (χ0) is 13.2. The van der Waals surface area contributed by atoms with Gasteiger partial charge in [-0.05, 0) is 29.8 Å². The van der Waals surface area contributed by atoms with E-state index in [1.807, 2.05) is 12.1 Å². The highest BCUT2D eigenvalue weighted by molar-refractivity contribution is 7.91. The average Bonchev–Trinajstić information content (AvgIpc) is 2.60. The number of rotatable bonds is 3. The molecule has 1 aromatic carbocycles. The van der Waals surface area contributed by atoms with Gasteiger partial charge in [0, 0.05) is 6.21 Å². The lowest BCUT2D eigenvalue weighted by molar-refractivity contribution is 0.184. The molecule has 1 heterocycles. The Balaban J connectivity index is 2.06. The van der Waals surface area contributed by atoms with Crippen LogP contribution in [0.4, 0.5) is 0 Å². The fraction of sp³-hybridized carbons (Fsp3) is 0.417. The molecule has 1 aliphatic heterocycles. The molecular weight excluding hydrogens is 254 g/mol. The second kappa shape index (κ2) is 5.07. The lowest BCUT2D eigenvalue weighted by Gasteiger charge is -2.06. The molecular formula is C12H15NO4S. The van der Waals surface area contributed by atoms with Gasteiger partial charge < -0.3 is 9.84 Å². The molecule has 0 spiro atoms. The van der Waals surface area contributed by atoms with Crippen molar-refractivity contribution in [3.8, 4) is 5.75 Å². The number of nitrogens with zero attached hydrogens (tertiary/aromatic N) is 1. The van der Waals surface area contributed by atoms with Crippen LogP contribution in [0.2, 0.25) is 0 Å². The molecule has 2 atom stereocenters. The van der Waals surface area contributed by atoms with Crippen LogP contribution in [-0.4, -0.2) is 50.5 Å². The number of sulfone groups is 1. The van der Waals surface area contributed by atoms with Crippen LogP contribution in [0.25, 0.3) is 0 Å². The topological polar surface area (TPSA) is 76.0 Å². The Morgan fingerprint density at radius 3 is 2.50 bits per heavy atom. The minimum Gasteiger partial charge on any atom is -0.497 e. The van der Waals surface area contributed by atoms with E-state index in [-0.39, 0.29) is 11.5 Å². The fourth-order valence-corrected chi connectivity index (χ4v) is 3.53. The zero-order valence-electron chi connectivity index (χ0n) is 9.98. The van der Waals surface area contributed by atoms with Crippen molar-refractivity contribution in [2.75, 3.05) is 18.6 Å². The van der Waals surface area contributed by atoms with Crippen molar-refractivity contribution in [3.63, 3.8) is 0 Å². The summed E-state index contributed by atoms with van der Waals surface area (Å²) in [4.78, 5) is 4.13. The summed E-state index contributed by atoms with van der Waals surface area (Å²) in [6.07, 6.45) is 0.679. The van der Waals surface area contributed by atoms with Crippen LogP contribution < -0.4 is 4.74 Å². The molecule has 98 valence electrons. The molecule has 2 rings (SSSR count). The van der Waals surface area contributed by atoms with Gasteiger partial charge in [-0.3, -0.25) is 4.99 Å². The summed E-state index contributed by atoms with van der Waals surface area (Å²) in [5.74, 6) is 0.467. The molecule has 2 unspecified atom stereocenters. The van der Waals surface area contributed by atoms with E-state index in [2.05, 4.69) is 4.99 Å². The molecule has 1 aromatic rings. The van der Waals surface area contributed by atoms with Gasteiger partial charge in [-0.2, -0.15) is 0 Å². The van der Waals surface area contributed by atoms with Crippen molar-refractivity contribution in [3.05, 3.63) is 29.8 Å². The average molecular weight is 269 g/mol. The summed E-state index contributed by atoms with van der Waals surface area (Å²) < 4.78 is 27.6. The van der Waals surface area contributed by atoms with E-state index in [4.69, 9.17) is 4.74 Å². The largest absolute Gasteiger partial charge is 0.497 e. The maximum Gasteiger partial charge on any atom is 0.155 e. The molecule has 0 saturated carbocycles. The third kappa shape index (κ3) is 3.08. The maximum atomic E-state index is 11.3. The van der Waals surface area contributed by atoms with Gasteiger partial charge in [-0.1, -0.05) is 0 Å². The Bertz CT molecular complexity index is 536. The first-order chi connectivity index (χ1) is 8.50. The molecule has 18 heavy (non-hydrogen) atoms. The van der Waals surface area contributed by atoms with E-state index in [0.717, 1.165) is 11.3 Å². The SMILES string of the molecule is COc1ccc(C=NC2CS(=O)(=O)CC2O)cc1. The van der Waals surface area contributed by atoms with Crippen LogP contribution in [0.15, 0.2) is 29.3 Å². The number of hydrogen-bond donors (Lipinski definition) is 1. The summed E-state index contributed by atoms with van der Waals surface area (Å²) in [5, 5.41) is 9.57. The number of methoxy groups -OCH3 is 1. The lowest BCUT2D eigenvalue weighted by atomic mass is 10.2. The van der Waals surface area contributed by atoms with E-state index in [1.54, 1.807) is 25.5 Å². The molecule has 0 amide bonds. The van der Waals surface area contributed by atoms with Crippen molar-refractivity contribution in [2.24, 2.45) is 4.99 Å². The predicted octanol–water partition coefficient (Wildman–Crippen LogP) is 0.272. The smallest absolute Gasteiger partial charge is 0.155 e. The second-order valence-electron chi connectivity index (χ2n) is 4.26. The monoisotopic (exact) mass is 269 g/mol. The second-order valence-corrected chi connectivity index (χ2v) is 6.42. The maximum absolute atomic E-state index is 11.3. The summed E-state index contributed by atoms with van der Waals surface area (Å²) >= 11 is 0. The van der Waals surface area contributed by atoms with Gasteiger partial charge in [-0.15, -0.1) is 0 Å². The lowest BCUT2D eigenvalue weighted by Crippen LogP contribution is -2.21. The third-order valence-corrected chi connectivity index (χ3v) is 4.52. The third-order valence-electron chi connectivity index (χ3n) is 2.82. The minimum absolute atomic E-state index is 0.0825. The molecule has 1 N–H and O–H groups in total. The van der Waals surface area contributed by atoms with E-state index in [9.17, 15) is 13.5 Å². The van der Waals surface area contributed by atoms with Gasteiger partial charge in [0.15, 0.2) is 9.84 Å². The Hall–Kier alpha value is -1.40. The number of hydrogen-bond acceptors (Lipinski definition) is 5. The molecule has 0 aliphatic carbocycles. The van der Waals surface area contributed by atoms with Crippen LogP contribution in [0.3, 0.4) is 0 Å².